The largest absolute Gasteiger partial charge is 0.374 e. The average molecular weight is 277 g/mol. The molecule has 1 heterocycles. The Morgan fingerprint density at radius 3 is 2.33 bits per heavy atom. The third-order valence-electron chi connectivity index (χ3n) is 4.50. The predicted molar refractivity (Wildman–Crippen MR) is 91.3 cm³/mol. The number of hydrogen-bond donors (Lipinski definition) is 0. The molecule has 2 aromatic rings. The van der Waals surface area contributed by atoms with Crippen LogP contribution in [0, 0.1) is 0 Å². The van der Waals surface area contributed by atoms with Gasteiger partial charge in [0.05, 0.1) is 0 Å². The molecule has 0 N–H and O–H groups in total. The fourth-order valence-corrected chi connectivity index (χ4v) is 2.95. The molecule has 0 atom stereocenters. The van der Waals surface area contributed by atoms with E-state index < -0.39 is 0 Å². The summed E-state index contributed by atoms with van der Waals surface area (Å²) in [6, 6.07) is 15.7. The van der Waals surface area contributed by atoms with E-state index in [1.807, 2.05) is 0 Å². The van der Waals surface area contributed by atoms with Crippen molar-refractivity contribution in [1.29, 1.82) is 0 Å². The third-order valence-corrected chi connectivity index (χ3v) is 4.50. The third kappa shape index (κ3) is 2.61. The minimum absolute atomic E-state index is 0.585. The lowest BCUT2D eigenvalue weighted by molar-refractivity contribution is 0.470. The number of hydrogen-bond acceptors (Lipinski definition) is 1. The van der Waals surface area contributed by atoms with E-state index in [4.69, 9.17) is 0 Å². The minimum atomic E-state index is 0.585. The second kappa shape index (κ2) is 5.40. The van der Waals surface area contributed by atoms with Crippen LogP contribution in [0.15, 0.2) is 49.0 Å². The summed E-state index contributed by atoms with van der Waals surface area (Å²) in [7, 11) is 2.11. The molecule has 0 unspecified atom stereocenters. The van der Waals surface area contributed by atoms with Crippen molar-refractivity contribution in [2.75, 3.05) is 13.6 Å². The van der Waals surface area contributed by atoms with Gasteiger partial charge in [0, 0.05) is 24.9 Å². The molecule has 0 aliphatic carbocycles. The van der Waals surface area contributed by atoms with Gasteiger partial charge in [-0.15, -0.1) is 0 Å². The number of benzene rings is 2. The predicted octanol–water partition coefficient (Wildman–Crippen LogP) is 4.94. The van der Waals surface area contributed by atoms with Crippen molar-refractivity contribution in [3.8, 4) is 11.1 Å². The Kier molecular flexibility index (Phi) is 3.59. The van der Waals surface area contributed by atoms with E-state index >= 15 is 0 Å². The van der Waals surface area contributed by atoms with Crippen molar-refractivity contribution in [3.05, 3.63) is 65.7 Å². The molecular formula is C20H23N. The molecule has 1 aliphatic rings. The van der Waals surface area contributed by atoms with Gasteiger partial charge in [-0.2, -0.15) is 0 Å². The monoisotopic (exact) mass is 277 g/mol. The molecular weight excluding hydrogens is 254 g/mol. The fraction of sp³-hybridized carbons (Fsp3) is 0.300. The number of fused-ring (bicyclic) bond motifs is 1. The van der Waals surface area contributed by atoms with Crippen LogP contribution in [0.1, 0.15) is 36.5 Å². The summed E-state index contributed by atoms with van der Waals surface area (Å²) in [5.74, 6) is 0.585. The molecule has 1 aliphatic heterocycles. The van der Waals surface area contributed by atoms with Crippen molar-refractivity contribution < 1.29 is 0 Å². The lowest BCUT2D eigenvalue weighted by Crippen LogP contribution is -2.24. The lowest BCUT2D eigenvalue weighted by Gasteiger charge is -2.29. The van der Waals surface area contributed by atoms with Crippen molar-refractivity contribution in [2.24, 2.45) is 0 Å². The molecule has 108 valence electrons. The molecule has 0 amide bonds. The smallest absolute Gasteiger partial charge is 0.0367 e. The highest BCUT2D eigenvalue weighted by atomic mass is 15.1. The van der Waals surface area contributed by atoms with Gasteiger partial charge in [0.25, 0.3) is 0 Å². The van der Waals surface area contributed by atoms with Crippen LogP contribution in [-0.2, 0) is 6.42 Å². The molecule has 0 spiro atoms. The highest BCUT2D eigenvalue weighted by Crippen LogP contribution is 2.31. The average Bonchev–Trinajstić information content (AvgIpc) is 2.51. The Morgan fingerprint density at radius 2 is 1.67 bits per heavy atom. The second-order valence-corrected chi connectivity index (χ2v) is 6.27. The zero-order chi connectivity index (χ0) is 15.0. The van der Waals surface area contributed by atoms with Gasteiger partial charge in [-0.1, -0.05) is 62.9 Å². The van der Waals surface area contributed by atoms with Crippen LogP contribution < -0.4 is 0 Å². The Bertz CT molecular complexity index is 665. The molecule has 0 saturated heterocycles. The highest BCUT2D eigenvalue weighted by molar-refractivity contribution is 5.72. The van der Waals surface area contributed by atoms with Gasteiger partial charge >= 0.3 is 0 Å². The van der Waals surface area contributed by atoms with E-state index in [1.165, 1.54) is 27.8 Å². The quantitative estimate of drug-likeness (QED) is 0.752. The van der Waals surface area contributed by atoms with Gasteiger partial charge in [-0.05, 0) is 34.6 Å². The molecule has 0 aromatic heterocycles. The molecule has 1 nitrogen and oxygen atoms in total. The topological polar surface area (TPSA) is 3.24 Å². The Morgan fingerprint density at radius 1 is 1.00 bits per heavy atom. The molecule has 3 rings (SSSR count). The Balaban J connectivity index is 1.95. The summed E-state index contributed by atoms with van der Waals surface area (Å²) >= 11 is 0. The Hall–Kier alpha value is -2.02. The first-order valence-electron chi connectivity index (χ1n) is 7.70. The fourth-order valence-electron chi connectivity index (χ4n) is 2.95. The van der Waals surface area contributed by atoms with Crippen LogP contribution in [-0.4, -0.2) is 18.5 Å². The van der Waals surface area contributed by atoms with Crippen molar-refractivity contribution >= 4 is 5.70 Å². The number of rotatable bonds is 2. The summed E-state index contributed by atoms with van der Waals surface area (Å²) in [6.07, 6.45) is 1.10. The first kappa shape index (κ1) is 13.9. The maximum atomic E-state index is 4.20. The molecule has 0 radical (unpaired) electrons. The lowest BCUT2D eigenvalue weighted by atomic mass is 9.92. The van der Waals surface area contributed by atoms with Gasteiger partial charge in [0.2, 0.25) is 0 Å². The van der Waals surface area contributed by atoms with E-state index in [0.29, 0.717) is 5.92 Å². The van der Waals surface area contributed by atoms with Crippen molar-refractivity contribution in [2.45, 2.75) is 26.2 Å². The maximum absolute atomic E-state index is 4.20. The standard InChI is InChI=1S/C20H23N/c1-14(2)16-5-7-17(8-6-16)18-9-10-20-15(3)21(4)12-11-19(20)13-18/h5-10,13-14H,3,11-12H2,1-2,4H3. The normalized spacial score (nSPS) is 14.5. The van der Waals surface area contributed by atoms with Gasteiger partial charge in [-0.25, -0.2) is 0 Å². The van der Waals surface area contributed by atoms with Crippen LogP contribution in [0.25, 0.3) is 16.8 Å². The minimum Gasteiger partial charge on any atom is -0.374 e. The summed E-state index contributed by atoms with van der Waals surface area (Å²) < 4.78 is 0. The molecule has 2 aromatic carbocycles. The van der Waals surface area contributed by atoms with Gasteiger partial charge in [0.1, 0.15) is 0 Å². The zero-order valence-electron chi connectivity index (χ0n) is 13.2. The van der Waals surface area contributed by atoms with E-state index in [0.717, 1.165) is 18.7 Å². The molecule has 21 heavy (non-hydrogen) atoms. The SMILES string of the molecule is C=C1c2ccc(-c3ccc(C(C)C)cc3)cc2CCN1C. The van der Waals surface area contributed by atoms with E-state index in [2.05, 4.69) is 74.8 Å². The van der Waals surface area contributed by atoms with Crippen molar-refractivity contribution in [1.82, 2.24) is 4.90 Å². The van der Waals surface area contributed by atoms with Gasteiger partial charge in [0.15, 0.2) is 0 Å². The van der Waals surface area contributed by atoms with Crippen molar-refractivity contribution in [3.63, 3.8) is 0 Å². The summed E-state index contributed by atoms with van der Waals surface area (Å²) in [5.41, 5.74) is 7.85. The van der Waals surface area contributed by atoms with Gasteiger partial charge in [-0.3, -0.25) is 0 Å². The zero-order valence-corrected chi connectivity index (χ0v) is 13.2. The molecule has 0 bridgehead atoms. The van der Waals surface area contributed by atoms with E-state index in [1.54, 1.807) is 0 Å². The number of likely N-dealkylation sites (N-methyl/N-ethyl adjacent to an activating group) is 1. The van der Waals surface area contributed by atoms with E-state index in [-0.39, 0.29) is 0 Å². The molecule has 0 saturated carbocycles. The Labute approximate surface area is 127 Å². The van der Waals surface area contributed by atoms with E-state index in [9.17, 15) is 0 Å². The van der Waals surface area contributed by atoms with Crippen LogP contribution in [0.2, 0.25) is 0 Å². The van der Waals surface area contributed by atoms with Gasteiger partial charge < -0.3 is 4.90 Å². The van der Waals surface area contributed by atoms with Crippen LogP contribution in [0.3, 0.4) is 0 Å². The van der Waals surface area contributed by atoms with Crippen LogP contribution in [0.5, 0.6) is 0 Å². The number of nitrogens with zero attached hydrogens (tertiary/aromatic N) is 1. The maximum Gasteiger partial charge on any atom is 0.0367 e. The second-order valence-electron chi connectivity index (χ2n) is 6.27. The van der Waals surface area contributed by atoms with Crippen LogP contribution in [0.4, 0.5) is 0 Å². The summed E-state index contributed by atoms with van der Waals surface area (Å²) in [6.45, 7) is 9.72. The molecule has 0 fully saturated rings. The first-order valence-corrected chi connectivity index (χ1v) is 7.70. The summed E-state index contributed by atoms with van der Waals surface area (Å²) in [5, 5.41) is 0. The molecule has 1 heteroatoms. The highest BCUT2D eigenvalue weighted by Gasteiger charge is 2.16. The summed E-state index contributed by atoms with van der Waals surface area (Å²) in [4.78, 5) is 2.24. The van der Waals surface area contributed by atoms with Crippen LogP contribution >= 0.6 is 0 Å². The first-order chi connectivity index (χ1) is 10.1.